The first-order valence-electron chi connectivity index (χ1n) is 4.90. The number of hydrogen-bond donors (Lipinski definition) is 1. The summed E-state index contributed by atoms with van der Waals surface area (Å²) >= 11 is 0. The van der Waals surface area contributed by atoms with Crippen LogP contribution in [0.2, 0.25) is 0 Å². The van der Waals surface area contributed by atoms with Gasteiger partial charge in [0.05, 0.1) is 14.2 Å². The first-order valence-corrected chi connectivity index (χ1v) is 4.90. The SMILES string of the molecule is COc1ccc(C=CCCN)c(OC)c1. The van der Waals surface area contributed by atoms with Gasteiger partial charge in [0.25, 0.3) is 0 Å². The topological polar surface area (TPSA) is 44.5 Å². The second-order valence-electron chi connectivity index (χ2n) is 3.09. The van der Waals surface area contributed by atoms with Crippen molar-refractivity contribution in [3.8, 4) is 11.5 Å². The van der Waals surface area contributed by atoms with Gasteiger partial charge in [0.15, 0.2) is 0 Å². The lowest BCUT2D eigenvalue weighted by Gasteiger charge is -2.07. The molecule has 1 aromatic rings. The highest BCUT2D eigenvalue weighted by Crippen LogP contribution is 2.25. The van der Waals surface area contributed by atoms with Crippen LogP contribution in [0.1, 0.15) is 12.0 Å². The smallest absolute Gasteiger partial charge is 0.129 e. The average molecular weight is 207 g/mol. The summed E-state index contributed by atoms with van der Waals surface area (Å²) in [5.41, 5.74) is 6.44. The Bertz CT molecular complexity index is 334. The van der Waals surface area contributed by atoms with E-state index in [1.807, 2.05) is 30.4 Å². The first-order chi connectivity index (χ1) is 7.31. The van der Waals surface area contributed by atoms with Crippen molar-refractivity contribution in [1.82, 2.24) is 0 Å². The number of methoxy groups -OCH3 is 2. The standard InChI is InChI=1S/C12H17NO2/c1-14-11-7-6-10(5-3-4-8-13)12(9-11)15-2/h3,5-7,9H,4,8,13H2,1-2H3. The molecule has 2 N–H and O–H groups in total. The zero-order valence-corrected chi connectivity index (χ0v) is 9.19. The molecular formula is C12H17NO2. The van der Waals surface area contributed by atoms with Crippen molar-refractivity contribution >= 4 is 6.08 Å². The van der Waals surface area contributed by atoms with Gasteiger partial charge in [0.2, 0.25) is 0 Å². The number of nitrogens with two attached hydrogens (primary N) is 1. The van der Waals surface area contributed by atoms with Gasteiger partial charge in [0, 0.05) is 11.6 Å². The monoisotopic (exact) mass is 207 g/mol. The Hall–Kier alpha value is -1.48. The number of benzene rings is 1. The summed E-state index contributed by atoms with van der Waals surface area (Å²) in [6.45, 7) is 0.662. The van der Waals surface area contributed by atoms with Crippen LogP contribution in [0.5, 0.6) is 11.5 Å². The summed E-state index contributed by atoms with van der Waals surface area (Å²) < 4.78 is 10.4. The van der Waals surface area contributed by atoms with Gasteiger partial charge < -0.3 is 15.2 Å². The summed E-state index contributed by atoms with van der Waals surface area (Å²) in [5, 5.41) is 0. The molecule has 3 heteroatoms. The van der Waals surface area contributed by atoms with Crippen molar-refractivity contribution in [1.29, 1.82) is 0 Å². The lowest BCUT2D eigenvalue weighted by Crippen LogP contribution is -1.95. The highest BCUT2D eigenvalue weighted by atomic mass is 16.5. The normalized spacial score (nSPS) is 10.6. The molecule has 0 saturated heterocycles. The Morgan fingerprint density at radius 2 is 2.07 bits per heavy atom. The van der Waals surface area contributed by atoms with E-state index >= 15 is 0 Å². The summed E-state index contributed by atoms with van der Waals surface area (Å²) in [6, 6.07) is 5.73. The molecule has 15 heavy (non-hydrogen) atoms. The predicted octanol–water partition coefficient (Wildman–Crippen LogP) is 2.07. The van der Waals surface area contributed by atoms with Crippen molar-refractivity contribution in [2.45, 2.75) is 6.42 Å². The molecule has 82 valence electrons. The van der Waals surface area contributed by atoms with Crippen LogP contribution in [-0.2, 0) is 0 Å². The van der Waals surface area contributed by atoms with E-state index < -0.39 is 0 Å². The molecule has 3 nitrogen and oxygen atoms in total. The van der Waals surface area contributed by atoms with Gasteiger partial charge >= 0.3 is 0 Å². The van der Waals surface area contributed by atoms with Crippen molar-refractivity contribution in [2.75, 3.05) is 20.8 Å². The van der Waals surface area contributed by atoms with E-state index in [1.165, 1.54) is 0 Å². The van der Waals surface area contributed by atoms with Crippen LogP contribution in [0.25, 0.3) is 6.08 Å². The van der Waals surface area contributed by atoms with E-state index in [-0.39, 0.29) is 0 Å². The summed E-state index contributed by atoms with van der Waals surface area (Å²) in [6.07, 6.45) is 4.91. The minimum Gasteiger partial charge on any atom is -0.497 e. The first kappa shape index (κ1) is 11.6. The fraction of sp³-hybridized carbons (Fsp3) is 0.333. The summed E-state index contributed by atoms with van der Waals surface area (Å²) in [7, 11) is 3.29. The molecule has 0 heterocycles. The van der Waals surface area contributed by atoms with Gasteiger partial charge in [-0.1, -0.05) is 12.2 Å². The molecule has 0 bridgehead atoms. The third kappa shape index (κ3) is 3.29. The maximum atomic E-state index is 5.41. The van der Waals surface area contributed by atoms with Gasteiger partial charge in [-0.2, -0.15) is 0 Å². The van der Waals surface area contributed by atoms with Crippen LogP contribution in [0.15, 0.2) is 24.3 Å². The quantitative estimate of drug-likeness (QED) is 0.803. The molecule has 0 saturated carbocycles. The van der Waals surface area contributed by atoms with Gasteiger partial charge in [0.1, 0.15) is 11.5 Å². The van der Waals surface area contributed by atoms with E-state index in [4.69, 9.17) is 15.2 Å². The lowest BCUT2D eigenvalue weighted by molar-refractivity contribution is 0.394. The largest absolute Gasteiger partial charge is 0.497 e. The molecule has 0 spiro atoms. The van der Waals surface area contributed by atoms with Crippen molar-refractivity contribution in [3.05, 3.63) is 29.8 Å². The second kappa shape index (κ2) is 6.09. The summed E-state index contributed by atoms with van der Waals surface area (Å²) in [4.78, 5) is 0. The fourth-order valence-corrected chi connectivity index (χ4v) is 1.26. The third-order valence-electron chi connectivity index (χ3n) is 2.07. The molecular weight excluding hydrogens is 190 g/mol. The molecule has 0 aromatic heterocycles. The van der Waals surface area contributed by atoms with Crippen LogP contribution in [0.3, 0.4) is 0 Å². The van der Waals surface area contributed by atoms with E-state index in [9.17, 15) is 0 Å². The number of rotatable bonds is 5. The van der Waals surface area contributed by atoms with Crippen LogP contribution < -0.4 is 15.2 Å². The Kier molecular flexibility index (Phi) is 4.71. The molecule has 0 amide bonds. The summed E-state index contributed by atoms with van der Waals surface area (Å²) in [5.74, 6) is 1.60. The Balaban J connectivity index is 2.87. The minimum absolute atomic E-state index is 0.662. The minimum atomic E-state index is 0.662. The van der Waals surface area contributed by atoms with Crippen LogP contribution in [0, 0.1) is 0 Å². The van der Waals surface area contributed by atoms with E-state index in [0.29, 0.717) is 6.54 Å². The molecule has 0 atom stereocenters. The van der Waals surface area contributed by atoms with E-state index in [0.717, 1.165) is 23.5 Å². The highest BCUT2D eigenvalue weighted by Gasteiger charge is 2.01. The Labute approximate surface area is 90.5 Å². The van der Waals surface area contributed by atoms with Gasteiger partial charge in [-0.15, -0.1) is 0 Å². The molecule has 0 aliphatic rings. The fourth-order valence-electron chi connectivity index (χ4n) is 1.26. The predicted molar refractivity (Wildman–Crippen MR) is 62.3 cm³/mol. The molecule has 1 rings (SSSR count). The van der Waals surface area contributed by atoms with E-state index in [2.05, 4.69) is 0 Å². The Morgan fingerprint density at radius 1 is 1.27 bits per heavy atom. The zero-order chi connectivity index (χ0) is 11.1. The van der Waals surface area contributed by atoms with Crippen molar-refractivity contribution in [3.63, 3.8) is 0 Å². The number of ether oxygens (including phenoxy) is 2. The molecule has 1 aromatic carbocycles. The third-order valence-corrected chi connectivity index (χ3v) is 2.07. The molecule has 0 aliphatic carbocycles. The van der Waals surface area contributed by atoms with Gasteiger partial charge in [-0.25, -0.2) is 0 Å². The maximum absolute atomic E-state index is 5.41. The van der Waals surface area contributed by atoms with Gasteiger partial charge in [-0.05, 0) is 25.1 Å². The molecule has 0 fully saturated rings. The van der Waals surface area contributed by atoms with Crippen LogP contribution in [0.4, 0.5) is 0 Å². The second-order valence-corrected chi connectivity index (χ2v) is 3.09. The molecule has 0 unspecified atom stereocenters. The van der Waals surface area contributed by atoms with Crippen molar-refractivity contribution in [2.24, 2.45) is 5.73 Å². The molecule has 0 aliphatic heterocycles. The highest BCUT2D eigenvalue weighted by molar-refractivity contribution is 5.59. The maximum Gasteiger partial charge on any atom is 0.129 e. The van der Waals surface area contributed by atoms with Crippen LogP contribution in [-0.4, -0.2) is 20.8 Å². The van der Waals surface area contributed by atoms with Gasteiger partial charge in [-0.3, -0.25) is 0 Å². The number of hydrogen-bond acceptors (Lipinski definition) is 3. The van der Waals surface area contributed by atoms with Crippen LogP contribution >= 0.6 is 0 Å². The average Bonchev–Trinajstić information content (AvgIpc) is 2.29. The van der Waals surface area contributed by atoms with E-state index in [1.54, 1.807) is 14.2 Å². The zero-order valence-electron chi connectivity index (χ0n) is 9.19. The Morgan fingerprint density at radius 3 is 2.67 bits per heavy atom. The molecule has 0 radical (unpaired) electrons. The van der Waals surface area contributed by atoms with Crippen molar-refractivity contribution < 1.29 is 9.47 Å². The lowest BCUT2D eigenvalue weighted by atomic mass is 10.1.